The monoisotopic (exact) mass is 294 g/mol. The van der Waals surface area contributed by atoms with E-state index in [0.29, 0.717) is 0 Å². The van der Waals surface area contributed by atoms with Crippen molar-refractivity contribution in [1.29, 1.82) is 0 Å². The van der Waals surface area contributed by atoms with Gasteiger partial charge in [0.25, 0.3) is 0 Å². The molecule has 0 fully saturated rings. The molecule has 1 amide bonds. The van der Waals surface area contributed by atoms with Crippen LogP contribution in [0, 0.1) is 0 Å². The molecule has 0 aromatic carbocycles. The summed E-state index contributed by atoms with van der Waals surface area (Å²) in [4.78, 5) is 33.9. The number of halogens is 1. The van der Waals surface area contributed by atoms with Crippen LogP contribution < -0.4 is 11.1 Å². The fraction of sp³-hybridized carbons (Fsp3) is 0.727. The van der Waals surface area contributed by atoms with E-state index < -0.39 is 29.9 Å². The molecule has 0 saturated heterocycles. The lowest BCUT2D eigenvalue weighted by molar-refractivity contribution is -0.146. The molecule has 2 atom stereocenters. The highest BCUT2D eigenvalue weighted by Crippen LogP contribution is 1.99. The average Bonchev–Trinajstić information content (AvgIpc) is 2.41. The first-order valence-corrected chi connectivity index (χ1v) is 6.35. The number of carbonyl (C=O) groups is 3. The summed E-state index contributed by atoms with van der Waals surface area (Å²) < 4.78 is 9.17. The van der Waals surface area contributed by atoms with E-state index in [1.54, 1.807) is 6.92 Å². The summed E-state index contributed by atoms with van der Waals surface area (Å²) in [5.41, 5.74) is 5.53. The smallest absolute Gasteiger partial charge is 0.329 e. The van der Waals surface area contributed by atoms with Gasteiger partial charge in [-0.1, -0.05) is 0 Å². The number of amides is 1. The molecule has 0 rings (SSSR count). The summed E-state index contributed by atoms with van der Waals surface area (Å²) >= 11 is 5.53. The molecule has 110 valence electrons. The van der Waals surface area contributed by atoms with Gasteiger partial charge in [-0.15, -0.1) is 11.6 Å². The number of hydrogen-bond acceptors (Lipinski definition) is 6. The fourth-order valence-electron chi connectivity index (χ4n) is 1.22. The molecule has 0 radical (unpaired) electrons. The minimum absolute atomic E-state index is 0.00956. The van der Waals surface area contributed by atoms with Crippen LogP contribution >= 0.6 is 11.6 Å². The second kappa shape index (κ2) is 9.57. The minimum Gasteiger partial charge on any atom is -0.467 e. The lowest BCUT2D eigenvalue weighted by atomic mass is 10.1. The molecule has 1 unspecified atom stereocenters. The third kappa shape index (κ3) is 6.97. The first-order chi connectivity index (χ1) is 8.96. The first-order valence-electron chi connectivity index (χ1n) is 5.81. The molecule has 19 heavy (non-hydrogen) atoms. The first kappa shape index (κ1) is 17.7. The highest BCUT2D eigenvalue weighted by atomic mass is 35.5. The molecule has 0 aliphatic rings. The molecular formula is C11H19ClN2O5. The zero-order valence-corrected chi connectivity index (χ0v) is 11.7. The predicted molar refractivity (Wildman–Crippen MR) is 68.5 cm³/mol. The number of carbonyl (C=O) groups excluding carboxylic acids is 3. The van der Waals surface area contributed by atoms with Crippen LogP contribution in [0.2, 0.25) is 0 Å². The number of esters is 2. The maximum atomic E-state index is 11.5. The van der Waals surface area contributed by atoms with E-state index in [9.17, 15) is 14.4 Å². The molecule has 7 nitrogen and oxygen atoms in total. The van der Waals surface area contributed by atoms with Crippen molar-refractivity contribution in [3.8, 4) is 0 Å². The lowest BCUT2D eigenvalue weighted by Crippen LogP contribution is -2.43. The summed E-state index contributed by atoms with van der Waals surface area (Å²) in [6.07, 6.45) is 0.116. The number of hydrogen-bond donors (Lipinski definition) is 2. The van der Waals surface area contributed by atoms with Gasteiger partial charge < -0.3 is 20.5 Å². The van der Waals surface area contributed by atoms with Crippen LogP contribution in [-0.4, -0.2) is 49.5 Å². The highest BCUT2D eigenvalue weighted by molar-refractivity contribution is 6.19. The predicted octanol–water partition coefficient (Wildman–Crippen LogP) is -0.446. The number of nitrogens with one attached hydrogen (secondary N) is 1. The third-order valence-electron chi connectivity index (χ3n) is 2.25. The molecule has 0 aliphatic carbocycles. The Morgan fingerprint density at radius 2 is 1.95 bits per heavy atom. The molecule has 0 spiro atoms. The van der Waals surface area contributed by atoms with Crippen molar-refractivity contribution in [2.24, 2.45) is 5.73 Å². The standard InChI is InChI=1S/C11H19ClN2O5/c1-3-19-10(16)7(13)4-5-9(15)14-8(6-12)11(17)18-2/h7-8H,3-6,13H2,1-2H3,(H,14,15)/t7?,8-/m0/s1. The zero-order chi connectivity index (χ0) is 14.8. The molecule has 0 heterocycles. The van der Waals surface area contributed by atoms with Crippen molar-refractivity contribution in [3.05, 3.63) is 0 Å². The number of nitrogens with two attached hydrogens (primary N) is 1. The molecule has 0 bridgehead atoms. The Kier molecular flexibility index (Phi) is 8.90. The van der Waals surface area contributed by atoms with Crippen molar-refractivity contribution < 1.29 is 23.9 Å². The number of rotatable bonds is 8. The zero-order valence-electron chi connectivity index (χ0n) is 11.0. The van der Waals surface area contributed by atoms with Crippen molar-refractivity contribution in [2.75, 3.05) is 19.6 Å². The maximum absolute atomic E-state index is 11.5. The second-order valence-electron chi connectivity index (χ2n) is 3.69. The van der Waals surface area contributed by atoms with Gasteiger partial charge in [0, 0.05) is 6.42 Å². The Bertz CT molecular complexity index is 324. The Morgan fingerprint density at radius 3 is 2.42 bits per heavy atom. The van der Waals surface area contributed by atoms with E-state index in [2.05, 4.69) is 10.1 Å². The summed E-state index contributed by atoms with van der Waals surface area (Å²) in [6.45, 7) is 1.90. The van der Waals surface area contributed by atoms with Crippen LogP contribution in [0.1, 0.15) is 19.8 Å². The van der Waals surface area contributed by atoms with Gasteiger partial charge in [-0.3, -0.25) is 9.59 Å². The van der Waals surface area contributed by atoms with Gasteiger partial charge in [0.15, 0.2) is 0 Å². The van der Waals surface area contributed by atoms with Crippen molar-refractivity contribution in [2.45, 2.75) is 31.8 Å². The minimum atomic E-state index is -0.905. The molecule has 0 aromatic rings. The van der Waals surface area contributed by atoms with Gasteiger partial charge in [-0.2, -0.15) is 0 Å². The summed E-state index contributed by atoms with van der Waals surface area (Å²) in [7, 11) is 1.20. The van der Waals surface area contributed by atoms with Gasteiger partial charge in [0.1, 0.15) is 12.1 Å². The van der Waals surface area contributed by atoms with Crippen LogP contribution in [-0.2, 0) is 23.9 Å². The molecule has 8 heteroatoms. The SMILES string of the molecule is CCOC(=O)C(N)CCC(=O)N[C@@H](CCl)C(=O)OC. The lowest BCUT2D eigenvalue weighted by Gasteiger charge is -2.14. The number of methoxy groups -OCH3 is 1. The second-order valence-corrected chi connectivity index (χ2v) is 4.00. The van der Waals surface area contributed by atoms with Crippen LogP contribution in [0.15, 0.2) is 0 Å². The van der Waals surface area contributed by atoms with E-state index in [0.717, 1.165) is 0 Å². The van der Waals surface area contributed by atoms with E-state index in [-0.39, 0.29) is 25.3 Å². The fourth-order valence-corrected chi connectivity index (χ4v) is 1.43. The average molecular weight is 295 g/mol. The summed E-state index contributed by atoms with van der Waals surface area (Å²) in [5.74, 6) is -1.71. The van der Waals surface area contributed by atoms with Gasteiger partial charge in [0.2, 0.25) is 5.91 Å². The molecular weight excluding hydrogens is 276 g/mol. The van der Waals surface area contributed by atoms with Crippen LogP contribution in [0.3, 0.4) is 0 Å². The Balaban J connectivity index is 4.10. The van der Waals surface area contributed by atoms with Crippen molar-refractivity contribution >= 4 is 29.4 Å². The quantitative estimate of drug-likeness (QED) is 0.464. The third-order valence-corrected chi connectivity index (χ3v) is 2.56. The largest absolute Gasteiger partial charge is 0.467 e. The van der Waals surface area contributed by atoms with Crippen molar-refractivity contribution in [3.63, 3.8) is 0 Å². The summed E-state index contributed by atoms with van der Waals surface area (Å²) in [5, 5.41) is 2.39. The topological polar surface area (TPSA) is 108 Å². The van der Waals surface area contributed by atoms with Crippen molar-refractivity contribution in [1.82, 2.24) is 5.32 Å². The van der Waals surface area contributed by atoms with Crippen LogP contribution in [0.4, 0.5) is 0 Å². The number of alkyl halides is 1. The van der Waals surface area contributed by atoms with E-state index in [1.165, 1.54) is 7.11 Å². The molecule has 3 N–H and O–H groups in total. The maximum Gasteiger partial charge on any atom is 0.329 e. The van der Waals surface area contributed by atoms with E-state index >= 15 is 0 Å². The van der Waals surface area contributed by atoms with Crippen LogP contribution in [0.25, 0.3) is 0 Å². The Labute approximate surface area is 116 Å². The summed E-state index contributed by atoms with van der Waals surface area (Å²) in [6, 6.07) is -1.77. The molecule has 0 saturated carbocycles. The highest BCUT2D eigenvalue weighted by Gasteiger charge is 2.21. The van der Waals surface area contributed by atoms with E-state index in [4.69, 9.17) is 22.1 Å². The van der Waals surface area contributed by atoms with Gasteiger partial charge >= 0.3 is 11.9 Å². The van der Waals surface area contributed by atoms with Gasteiger partial charge in [-0.05, 0) is 13.3 Å². The molecule has 0 aromatic heterocycles. The number of ether oxygens (including phenoxy) is 2. The van der Waals surface area contributed by atoms with E-state index in [1.807, 2.05) is 0 Å². The van der Waals surface area contributed by atoms with Gasteiger partial charge in [-0.25, -0.2) is 4.79 Å². The Hall–Kier alpha value is -1.34. The van der Waals surface area contributed by atoms with Gasteiger partial charge in [0.05, 0.1) is 19.6 Å². The van der Waals surface area contributed by atoms with Crippen LogP contribution in [0.5, 0.6) is 0 Å². The molecule has 0 aliphatic heterocycles. The Morgan fingerprint density at radius 1 is 1.32 bits per heavy atom. The normalized spacial score (nSPS) is 13.3.